The van der Waals surface area contributed by atoms with Gasteiger partial charge in [0.2, 0.25) is 0 Å². The summed E-state index contributed by atoms with van der Waals surface area (Å²) in [4.78, 5) is 36.8. The number of benzene rings is 2. The van der Waals surface area contributed by atoms with Crippen molar-refractivity contribution in [1.82, 2.24) is 5.32 Å². The normalized spacial score (nSPS) is 12.4. The summed E-state index contributed by atoms with van der Waals surface area (Å²) in [5.41, 5.74) is 1.11. The first-order chi connectivity index (χ1) is 14.4. The summed E-state index contributed by atoms with van der Waals surface area (Å²) < 4.78 is 15.8. The van der Waals surface area contributed by atoms with Crippen LogP contribution in [0.4, 0.5) is 4.79 Å². The number of alkyl halides is 1. The van der Waals surface area contributed by atoms with Crippen LogP contribution in [0.2, 0.25) is 0 Å². The van der Waals surface area contributed by atoms with Gasteiger partial charge in [-0.05, 0) is 52.3 Å². The molecule has 0 aromatic heterocycles. The minimum Gasteiger partial charge on any atom is -0.451 e. The quantitative estimate of drug-likeness (QED) is 0.225. The van der Waals surface area contributed by atoms with Gasteiger partial charge in [-0.15, -0.1) is 0 Å². The molecule has 2 aromatic carbocycles. The van der Waals surface area contributed by atoms with Crippen LogP contribution >= 0.6 is 22.6 Å². The van der Waals surface area contributed by atoms with E-state index < -0.39 is 24.1 Å². The fourth-order valence-electron chi connectivity index (χ4n) is 2.56. The lowest BCUT2D eigenvalue weighted by atomic mass is 9.99. The molecule has 160 valence electrons. The second-order valence-corrected chi connectivity index (χ2v) is 7.18. The third kappa shape index (κ3) is 7.33. The van der Waals surface area contributed by atoms with Crippen LogP contribution in [-0.4, -0.2) is 28.7 Å². The molecular formula is C22H24INO6. The molecule has 1 N–H and O–H groups in total. The molecule has 30 heavy (non-hydrogen) atoms. The lowest BCUT2D eigenvalue weighted by Gasteiger charge is -2.22. The molecule has 0 bridgehead atoms. The summed E-state index contributed by atoms with van der Waals surface area (Å²) in [7, 11) is 0. The van der Waals surface area contributed by atoms with E-state index in [1.165, 1.54) is 6.07 Å². The molecule has 0 aliphatic carbocycles. The van der Waals surface area contributed by atoms with Crippen LogP contribution in [-0.2, 0) is 20.9 Å². The Kier molecular flexibility index (Phi) is 9.59. The van der Waals surface area contributed by atoms with Crippen LogP contribution in [0.15, 0.2) is 54.6 Å². The molecule has 2 atom stereocenters. The van der Waals surface area contributed by atoms with Gasteiger partial charge in [-0.2, -0.15) is 0 Å². The van der Waals surface area contributed by atoms with E-state index in [2.05, 4.69) is 5.32 Å². The first-order valence-corrected chi connectivity index (χ1v) is 11.0. The van der Waals surface area contributed by atoms with Gasteiger partial charge in [0.1, 0.15) is 23.0 Å². The summed E-state index contributed by atoms with van der Waals surface area (Å²) in [5, 5.41) is 2.59. The van der Waals surface area contributed by atoms with Crippen molar-refractivity contribution in [3.63, 3.8) is 0 Å². The summed E-state index contributed by atoms with van der Waals surface area (Å²) in [6.45, 7) is 3.83. The Balaban J connectivity index is 2.02. The van der Waals surface area contributed by atoms with E-state index in [0.29, 0.717) is 6.42 Å². The second kappa shape index (κ2) is 12.2. The van der Waals surface area contributed by atoms with Crippen LogP contribution < -0.4 is 10.1 Å². The maximum Gasteiger partial charge on any atom is 0.408 e. The first kappa shape index (κ1) is 23.7. The van der Waals surface area contributed by atoms with Crippen LogP contribution in [0.1, 0.15) is 36.2 Å². The predicted octanol–water partition coefficient (Wildman–Crippen LogP) is 4.48. The molecule has 2 aromatic rings. The highest BCUT2D eigenvalue weighted by atomic mass is 127. The van der Waals surface area contributed by atoms with Crippen LogP contribution in [0.5, 0.6) is 5.75 Å². The monoisotopic (exact) mass is 525 g/mol. The van der Waals surface area contributed by atoms with Crippen molar-refractivity contribution in [3.8, 4) is 5.75 Å². The number of ether oxygens (including phenoxy) is 3. The third-order valence-corrected chi connectivity index (χ3v) is 4.74. The molecule has 0 unspecified atom stereocenters. The summed E-state index contributed by atoms with van der Waals surface area (Å²) in [5.74, 6) is -1.14. The zero-order chi connectivity index (χ0) is 21.9. The molecule has 0 saturated heterocycles. The minimum atomic E-state index is -0.900. The van der Waals surface area contributed by atoms with E-state index in [1.807, 2.05) is 66.8 Å². The van der Waals surface area contributed by atoms with Gasteiger partial charge in [-0.3, -0.25) is 0 Å². The maximum atomic E-state index is 12.7. The minimum absolute atomic E-state index is 0.0932. The van der Waals surface area contributed by atoms with Crippen molar-refractivity contribution in [1.29, 1.82) is 0 Å². The highest BCUT2D eigenvalue weighted by Crippen LogP contribution is 2.17. The van der Waals surface area contributed by atoms with E-state index in [0.717, 1.165) is 5.56 Å². The van der Waals surface area contributed by atoms with E-state index in [4.69, 9.17) is 14.2 Å². The Hall–Kier alpha value is -2.62. The summed E-state index contributed by atoms with van der Waals surface area (Å²) in [6.07, 6.45) is -0.0683. The molecule has 0 aliphatic rings. The smallest absolute Gasteiger partial charge is 0.408 e. The fourth-order valence-corrected chi connectivity index (χ4v) is 2.84. The van der Waals surface area contributed by atoms with E-state index in [1.54, 1.807) is 18.2 Å². The fraction of sp³-hybridized carbons (Fsp3) is 0.318. The number of amides is 1. The number of alkyl carbamates (subject to hydrolysis) is 1. The first-order valence-electron chi connectivity index (χ1n) is 9.46. The van der Waals surface area contributed by atoms with E-state index >= 15 is 0 Å². The summed E-state index contributed by atoms with van der Waals surface area (Å²) >= 11 is 1.92. The Morgan fingerprint density at radius 3 is 2.43 bits per heavy atom. The number of hydrogen-bond donors (Lipinski definition) is 1. The average Bonchev–Trinajstić information content (AvgIpc) is 2.76. The Labute approximate surface area is 189 Å². The van der Waals surface area contributed by atoms with Crippen molar-refractivity contribution in [2.75, 3.05) is 4.61 Å². The molecule has 7 nitrogen and oxygen atoms in total. The van der Waals surface area contributed by atoms with Gasteiger partial charge in [-0.1, -0.05) is 56.7 Å². The van der Waals surface area contributed by atoms with Gasteiger partial charge in [0.25, 0.3) is 0 Å². The van der Waals surface area contributed by atoms with Gasteiger partial charge < -0.3 is 19.5 Å². The number of hydrogen-bond acceptors (Lipinski definition) is 6. The van der Waals surface area contributed by atoms with Gasteiger partial charge in [0.05, 0.1) is 5.56 Å². The Morgan fingerprint density at radius 2 is 1.77 bits per heavy atom. The molecule has 2 rings (SSSR count). The molecule has 0 radical (unpaired) electrons. The Morgan fingerprint density at radius 1 is 1.03 bits per heavy atom. The summed E-state index contributed by atoms with van der Waals surface area (Å²) in [6, 6.07) is 14.5. The molecule has 0 spiro atoms. The van der Waals surface area contributed by atoms with Gasteiger partial charge in [0.15, 0.2) is 0 Å². The lowest BCUT2D eigenvalue weighted by molar-refractivity contribution is -0.138. The van der Waals surface area contributed by atoms with Gasteiger partial charge in [-0.25, -0.2) is 14.4 Å². The van der Waals surface area contributed by atoms with Crippen molar-refractivity contribution in [2.45, 2.75) is 32.9 Å². The predicted molar refractivity (Wildman–Crippen MR) is 119 cm³/mol. The zero-order valence-electron chi connectivity index (χ0n) is 16.8. The largest absolute Gasteiger partial charge is 0.451 e. The Bertz CT molecular complexity index is 858. The maximum absolute atomic E-state index is 12.7. The second-order valence-electron chi connectivity index (χ2n) is 6.56. The molecule has 0 aliphatic heterocycles. The molecule has 0 saturated carbocycles. The van der Waals surface area contributed by atoms with Crippen molar-refractivity contribution >= 4 is 40.6 Å². The number of rotatable bonds is 9. The van der Waals surface area contributed by atoms with E-state index in [9.17, 15) is 14.4 Å². The van der Waals surface area contributed by atoms with Crippen molar-refractivity contribution in [2.24, 2.45) is 5.92 Å². The van der Waals surface area contributed by atoms with Crippen LogP contribution in [0.3, 0.4) is 0 Å². The van der Waals surface area contributed by atoms with Gasteiger partial charge in [0, 0.05) is 0 Å². The molecular weight excluding hydrogens is 501 g/mol. The number of carbonyl (C=O) groups is 3. The SMILES string of the molecule is CC[C@H](C)[C@H](NC(=O)OCc1ccccc1)C(=O)Oc1cccc(C(=O)OCI)c1. The standard InChI is InChI=1S/C22H24INO6/c1-3-15(2)19(24-22(27)28-13-16-8-5-4-6-9-16)21(26)30-18-11-7-10-17(12-18)20(25)29-14-23/h4-12,15,19H,3,13-14H2,1-2H3,(H,24,27)/t15-,19-/m0/s1. The number of esters is 2. The third-order valence-electron chi connectivity index (χ3n) is 4.43. The van der Waals surface area contributed by atoms with Crippen molar-refractivity contribution in [3.05, 3.63) is 65.7 Å². The highest BCUT2D eigenvalue weighted by molar-refractivity contribution is 14.1. The number of halogens is 1. The van der Waals surface area contributed by atoms with Crippen molar-refractivity contribution < 1.29 is 28.6 Å². The molecule has 0 heterocycles. The lowest BCUT2D eigenvalue weighted by Crippen LogP contribution is -2.47. The van der Waals surface area contributed by atoms with Crippen LogP contribution in [0.25, 0.3) is 0 Å². The zero-order valence-corrected chi connectivity index (χ0v) is 19.0. The number of nitrogens with one attached hydrogen (secondary N) is 1. The van der Waals surface area contributed by atoms with E-state index in [-0.39, 0.29) is 28.5 Å². The topological polar surface area (TPSA) is 90.9 Å². The molecule has 0 fully saturated rings. The molecule has 8 heteroatoms. The highest BCUT2D eigenvalue weighted by Gasteiger charge is 2.28. The van der Waals surface area contributed by atoms with Gasteiger partial charge >= 0.3 is 18.0 Å². The average molecular weight is 525 g/mol. The van der Waals surface area contributed by atoms with Crippen LogP contribution in [0, 0.1) is 5.92 Å². The number of carbonyl (C=O) groups excluding carboxylic acids is 3. The molecule has 1 amide bonds.